The molecule has 0 aromatic heterocycles. The number of carbonyl (C=O) groups is 2. The molecule has 1 rings (SSSR count). The molecule has 0 heterocycles. The van der Waals surface area contributed by atoms with Gasteiger partial charge in [-0.25, -0.2) is 0 Å². The maximum atomic E-state index is 11.6. The molecule has 0 aliphatic heterocycles. The largest absolute Gasteiger partial charge is 0.497 e. The second kappa shape index (κ2) is 7.56. The van der Waals surface area contributed by atoms with Crippen molar-refractivity contribution in [2.24, 2.45) is 5.92 Å². The van der Waals surface area contributed by atoms with Crippen LogP contribution < -0.4 is 10.1 Å². The highest BCUT2D eigenvalue weighted by atomic mass is 16.5. The van der Waals surface area contributed by atoms with E-state index in [4.69, 9.17) is 4.74 Å². The van der Waals surface area contributed by atoms with Crippen LogP contribution in [0.2, 0.25) is 0 Å². The Balaban J connectivity index is 2.35. The van der Waals surface area contributed by atoms with E-state index >= 15 is 0 Å². The topological polar surface area (TPSA) is 55.4 Å². The van der Waals surface area contributed by atoms with Crippen molar-refractivity contribution in [3.8, 4) is 5.75 Å². The molecule has 0 aliphatic rings. The van der Waals surface area contributed by atoms with Gasteiger partial charge in [-0.1, -0.05) is 26.0 Å². The third kappa shape index (κ3) is 6.04. The van der Waals surface area contributed by atoms with Gasteiger partial charge in [0.25, 0.3) is 0 Å². The predicted octanol–water partition coefficient (Wildman–Crippen LogP) is 2.32. The van der Waals surface area contributed by atoms with E-state index < -0.39 is 0 Å². The Bertz CT molecular complexity index is 424. The molecule has 0 spiro atoms. The number of carbonyl (C=O) groups excluding carboxylic acids is 2. The molecule has 4 nitrogen and oxygen atoms in total. The van der Waals surface area contributed by atoms with Crippen LogP contribution in [0.3, 0.4) is 0 Å². The molecule has 0 unspecified atom stereocenters. The molecule has 0 radical (unpaired) electrons. The van der Waals surface area contributed by atoms with Crippen LogP contribution in [0.15, 0.2) is 24.3 Å². The van der Waals surface area contributed by atoms with Crippen molar-refractivity contribution in [2.75, 3.05) is 7.11 Å². The van der Waals surface area contributed by atoms with Gasteiger partial charge in [0.05, 0.1) is 13.5 Å². The van der Waals surface area contributed by atoms with E-state index in [-0.39, 0.29) is 18.1 Å². The molecule has 19 heavy (non-hydrogen) atoms. The number of benzene rings is 1. The molecule has 0 saturated heterocycles. The highest BCUT2D eigenvalue weighted by molar-refractivity contribution is 5.97. The summed E-state index contributed by atoms with van der Waals surface area (Å²) in [4.78, 5) is 23.1. The lowest BCUT2D eigenvalue weighted by atomic mass is 10.1. The van der Waals surface area contributed by atoms with Crippen LogP contribution >= 0.6 is 0 Å². The average molecular weight is 263 g/mol. The Kier molecular flexibility index (Phi) is 6.06. The van der Waals surface area contributed by atoms with E-state index in [0.717, 1.165) is 11.3 Å². The van der Waals surface area contributed by atoms with Crippen molar-refractivity contribution in [2.45, 2.75) is 33.2 Å². The zero-order valence-electron chi connectivity index (χ0n) is 11.7. The van der Waals surface area contributed by atoms with Crippen LogP contribution in [-0.4, -0.2) is 18.8 Å². The summed E-state index contributed by atoms with van der Waals surface area (Å²) in [6, 6.07) is 7.45. The minimum atomic E-state index is -0.221. The number of Topliss-reactive ketones (excluding diaryl/α,β-unsaturated/α-hetero) is 1. The van der Waals surface area contributed by atoms with E-state index in [9.17, 15) is 9.59 Å². The van der Waals surface area contributed by atoms with Gasteiger partial charge < -0.3 is 10.1 Å². The smallest absolute Gasteiger partial charge is 0.227 e. The average Bonchev–Trinajstić information content (AvgIpc) is 2.36. The molecule has 1 N–H and O–H groups in total. The fraction of sp³-hybridized carbons (Fsp3) is 0.467. The molecule has 104 valence electrons. The summed E-state index contributed by atoms with van der Waals surface area (Å²) in [5.74, 6) is 0.841. The third-order valence-corrected chi connectivity index (χ3v) is 2.64. The van der Waals surface area contributed by atoms with Gasteiger partial charge >= 0.3 is 0 Å². The van der Waals surface area contributed by atoms with Gasteiger partial charge in [0.2, 0.25) is 5.91 Å². The molecular formula is C15H21NO3. The van der Waals surface area contributed by atoms with Crippen molar-refractivity contribution in [3.05, 3.63) is 29.8 Å². The van der Waals surface area contributed by atoms with Gasteiger partial charge in [0.1, 0.15) is 11.5 Å². The maximum absolute atomic E-state index is 11.6. The number of ether oxygens (including phenoxy) is 1. The first-order chi connectivity index (χ1) is 9.01. The van der Waals surface area contributed by atoms with Crippen molar-refractivity contribution in [1.29, 1.82) is 0 Å². The first-order valence-electron chi connectivity index (χ1n) is 6.42. The van der Waals surface area contributed by atoms with E-state index in [1.165, 1.54) is 0 Å². The number of methoxy groups -OCH3 is 1. The molecule has 0 saturated carbocycles. The highest BCUT2D eigenvalue weighted by Crippen LogP contribution is 2.11. The van der Waals surface area contributed by atoms with Crippen molar-refractivity contribution in [3.63, 3.8) is 0 Å². The Morgan fingerprint density at radius 1 is 1.21 bits per heavy atom. The Labute approximate surface area is 114 Å². The molecule has 4 heteroatoms. The molecule has 1 aromatic carbocycles. The minimum Gasteiger partial charge on any atom is -0.497 e. The quantitative estimate of drug-likeness (QED) is 0.768. The number of ketones is 1. The number of hydrogen-bond acceptors (Lipinski definition) is 3. The Morgan fingerprint density at radius 3 is 2.37 bits per heavy atom. The summed E-state index contributed by atoms with van der Waals surface area (Å²) >= 11 is 0. The summed E-state index contributed by atoms with van der Waals surface area (Å²) in [6.45, 7) is 4.36. The molecular weight excluding hydrogens is 242 g/mol. The number of nitrogens with one attached hydrogen (secondary N) is 1. The predicted molar refractivity (Wildman–Crippen MR) is 73.9 cm³/mol. The summed E-state index contributed by atoms with van der Waals surface area (Å²) in [7, 11) is 1.61. The van der Waals surface area contributed by atoms with Crippen LogP contribution in [0.5, 0.6) is 5.75 Å². The first kappa shape index (κ1) is 15.2. The van der Waals surface area contributed by atoms with E-state index in [2.05, 4.69) is 5.32 Å². The lowest BCUT2D eigenvalue weighted by Crippen LogP contribution is -2.25. The van der Waals surface area contributed by atoms with E-state index in [0.29, 0.717) is 18.9 Å². The third-order valence-electron chi connectivity index (χ3n) is 2.64. The highest BCUT2D eigenvalue weighted by Gasteiger charge is 2.10. The lowest BCUT2D eigenvalue weighted by molar-refractivity contribution is -0.128. The van der Waals surface area contributed by atoms with Gasteiger partial charge in [0, 0.05) is 13.0 Å². The van der Waals surface area contributed by atoms with Crippen molar-refractivity contribution < 1.29 is 14.3 Å². The van der Waals surface area contributed by atoms with Gasteiger partial charge in [0.15, 0.2) is 0 Å². The second-order valence-corrected chi connectivity index (χ2v) is 4.94. The summed E-state index contributed by atoms with van der Waals surface area (Å²) in [5.41, 5.74) is 0.977. The number of rotatable bonds is 7. The molecule has 0 atom stereocenters. The SMILES string of the molecule is COc1ccc(CNC(=O)CC(=O)CC(C)C)cc1. The summed E-state index contributed by atoms with van der Waals surface area (Å²) < 4.78 is 5.05. The van der Waals surface area contributed by atoms with Crippen LogP contribution in [0.1, 0.15) is 32.3 Å². The van der Waals surface area contributed by atoms with E-state index in [1.807, 2.05) is 38.1 Å². The zero-order chi connectivity index (χ0) is 14.3. The fourth-order valence-corrected chi connectivity index (χ4v) is 1.71. The molecule has 0 fully saturated rings. The number of hydrogen-bond donors (Lipinski definition) is 1. The fourth-order valence-electron chi connectivity index (χ4n) is 1.71. The van der Waals surface area contributed by atoms with Crippen LogP contribution in [0, 0.1) is 5.92 Å². The van der Waals surface area contributed by atoms with Gasteiger partial charge in [-0.3, -0.25) is 9.59 Å². The van der Waals surface area contributed by atoms with Crippen molar-refractivity contribution >= 4 is 11.7 Å². The molecule has 1 aromatic rings. The van der Waals surface area contributed by atoms with E-state index in [1.54, 1.807) is 7.11 Å². The number of amides is 1. The van der Waals surface area contributed by atoms with Crippen molar-refractivity contribution in [1.82, 2.24) is 5.32 Å². The molecule has 0 bridgehead atoms. The minimum absolute atomic E-state index is 0.0118. The van der Waals surface area contributed by atoms with Crippen LogP contribution in [-0.2, 0) is 16.1 Å². The monoisotopic (exact) mass is 263 g/mol. The summed E-state index contributed by atoms with van der Waals surface area (Å²) in [6.07, 6.45) is 0.421. The van der Waals surface area contributed by atoms with Gasteiger partial charge in [-0.15, -0.1) is 0 Å². The molecule has 0 aliphatic carbocycles. The summed E-state index contributed by atoms with van der Waals surface area (Å²) in [5, 5.41) is 2.74. The molecule has 1 amide bonds. The normalized spacial score (nSPS) is 10.3. The van der Waals surface area contributed by atoms with Gasteiger partial charge in [-0.05, 0) is 23.6 Å². The van der Waals surface area contributed by atoms with Crippen LogP contribution in [0.4, 0.5) is 0 Å². The van der Waals surface area contributed by atoms with Crippen LogP contribution in [0.25, 0.3) is 0 Å². The standard InChI is InChI=1S/C15H21NO3/c1-11(2)8-13(17)9-15(18)16-10-12-4-6-14(19-3)7-5-12/h4-7,11H,8-10H2,1-3H3,(H,16,18). The zero-order valence-corrected chi connectivity index (χ0v) is 11.7. The first-order valence-corrected chi connectivity index (χ1v) is 6.42. The lowest BCUT2D eigenvalue weighted by Gasteiger charge is -2.07. The second-order valence-electron chi connectivity index (χ2n) is 4.94. The van der Waals surface area contributed by atoms with Gasteiger partial charge in [-0.2, -0.15) is 0 Å². The maximum Gasteiger partial charge on any atom is 0.227 e. The Morgan fingerprint density at radius 2 is 1.84 bits per heavy atom. The Hall–Kier alpha value is -1.84.